The van der Waals surface area contributed by atoms with Gasteiger partial charge in [0.05, 0.1) is 5.69 Å². The molecule has 0 saturated heterocycles. The molecule has 0 amide bonds. The van der Waals surface area contributed by atoms with Crippen molar-refractivity contribution in [3.63, 3.8) is 0 Å². The molecule has 2 fully saturated rings. The fraction of sp³-hybridized carbons (Fsp3) is 0.533. The maximum Gasteiger partial charge on any atom is 0.124 e. The lowest BCUT2D eigenvalue weighted by atomic mass is 10.0. The van der Waals surface area contributed by atoms with Crippen LogP contribution in [0.5, 0.6) is 0 Å². The summed E-state index contributed by atoms with van der Waals surface area (Å²) in [5.41, 5.74) is 9.10. The highest BCUT2D eigenvalue weighted by Crippen LogP contribution is 2.40. The normalized spacial score (nSPS) is 18.7. The van der Waals surface area contributed by atoms with Gasteiger partial charge in [-0.15, -0.1) is 0 Å². The number of para-hydroxylation sites is 1. The molecule has 18 heavy (non-hydrogen) atoms. The molecule has 0 spiro atoms. The molecule has 3 nitrogen and oxygen atoms in total. The van der Waals surface area contributed by atoms with E-state index in [1.54, 1.807) is 0 Å². The summed E-state index contributed by atoms with van der Waals surface area (Å²) < 4.78 is 0. The number of amidine groups is 1. The summed E-state index contributed by atoms with van der Waals surface area (Å²) in [5, 5.41) is 7.78. The molecular weight excluding hydrogens is 222 g/mol. The first kappa shape index (κ1) is 11.6. The van der Waals surface area contributed by atoms with Crippen LogP contribution >= 0.6 is 0 Å². The number of nitrogens with one attached hydrogen (secondary N) is 1. The van der Waals surface area contributed by atoms with Gasteiger partial charge < -0.3 is 10.6 Å². The zero-order chi connectivity index (χ0) is 12.7. The number of benzene rings is 1. The van der Waals surface area contributed by atoms with Gasteiger partial charge in [0, 0.05) is 18.2 Å². The van der Waals surface area contributed by atoms with E-state index in [2.05, 4.69) is 17.9 Å². The van der Waals surface area contributed by atoms with Crippen LogP contribution in [0, 0.1) is 18.3 Å². The van der Waals surface area contributed by atoms with Gasteiger partial charge in [0.2, 0.25) is 0 Å². The van der Waals surface area contributed by atoms with Gasteiger partial charge in [0.1, 0.15) is 5.84 Å². The van der Waals surface area contributed by atoms with Crippen molar-refractivity contribution in [1.82, 2.24) is 0 Å². The maximum atomic E-state index is 7.78. The molecule has 0 heterocycles. The number of nitrogens with zero attached hydrogens (tertiary/aromatic N) is 1. The fourth-order valence-corrected chi connectivity index (χ4v) is 2.65. The van der Waals surface area contributed by atoms with Crippen LogP contribution in [0.4, 0.5) is 5.69 Å². The molecule has 2 aliphatic carbocycles. The van der Waals surface area contributed by atoms with Crippen molar-refractivity contribution in [3.05, 3.63) is 29.3 Å². The topological polar surface area (TPSA) is 53.1 Å². The minimum atomic E-state index is 0.190. The van der Waals surface area contributed by atoms with E-state index in [1.165, 1.54) is 36.9 Å². The molecular formula is C15H21N3. The minimum Gasteiger partial charge on any atom is -0.384 e. The molecule has 3 heteroatoms. The second-order valence-corrected chi connectivity index (χ2v) is 5.71. The van der Waals surface area contributed by atoms with E-state index in [-0.39, 0.29) is 5.84 Å². The van der Waals surface area contributed by atoms with Crippen molar-refractivity contribution in [2.24, 2.45) is 11.7 Å². The van der Waals surface area contributed by atoms with Crippen molar-refractivity contribution in [1.29, 1.82) is 5.41 Å². The van der Waals surface area contributed by atoms with Crippen LogP contribution in [0.2, 0.25) is 0 Å². The lowest BCUT2D eigenvalue weighted by molar-refractivity contribution is 0.716. The quantitative estimate of drug-likeness (QED) is 0.617. The summed E-state index contributed by atoms with van der Waals surface area (Å²) in [6.07, 6.45) is 5.31. The van der Waals surface area contributed by atoms with Gasteiger partial charge in [0.15, 0.2) is 0 Å². The standard InChI is InChI=1S/C15H21N3/c1-10-3-2-4-13(15(16)17)14(10)18(12-7-8-12)9-11-5-6-11/h2-4,11-12H,5-9H2,1H3,(H3,16,17). The fourth-order valence-electron chi connectivity index (χ4n) is 2.65. The van der Waals surface area contributed by atoms with Gasteiger partial charge in [-0.25, -0.2) is 0 Å². The predicted molar refractivity (Wildman–Crippen MR) is 75.3 cm³/mol. The molecule has 0 unspecified atom stereocenters. The highest BCUT2D eigenvalue weighted by atomic mass is 15.2. The Morgan fingerprint density at radius 1 is 1.33 bits per heavy atom. The first-order chi connectivity index (χ1) is 8.66. The number of aryl methyl sites for hydroxylation is 1. The summed E-state index contributed by atoms with van der Waals surface area (Å²) in [5.74, 6) is 1.06. The number of nitrogen functional groups attached to an aromatic ring is 1. The Hall–Kier alpha value is -1.51. The summed E-state index contributed by atoms with van der Waals surface area (Å²) in [6, 6.07) is 6.79. The van der Waals surface area contributed by atoms with Gasteiger partial charge in [0.25, 0.3) is 0 Å². The molecule has 1 aromatic rings. The summed E-state index contributed by atoms with van der Waals surface area (Å²) >= 11 is 0. The highest BCUT2D eigenvalue weighted by Gasteiger charge is 2.35. The minimum absolute atomic E-state index is 0.190. The van der Waals surface area contributed by atoms with Crippen molar-refractivity contribution < 1.29 is 0 Å². The van der Waals surface area contributed by atoms with Crippen molar-refractivity contribution >= 4 is 11.5 Å². The van der Waals surface area contributed by atoms with Crippen LogP contribution in [0.25, 0.3) is 0 Å². The zero-order valence-corrected chi connectivity index (χ0v) is 10.9. The molecule has 0 aromatic heterocycles. The second kappa shape index (κ2) is 4.30. The Kier molecular flexibility index (Phi) is 2.77. The van der Waals surface area contributed by atoms with Crippen LogP contribution < -0.4 is 10.6 Å². The van der Waals surface area contributed by atoms with E-state index < -0.39 is 0 Å². The lowest BCUT2D eigenvalue weighted by Crippen LogP contribution is -2.31. The Bertz CT molecular complexity index is 473. The molecule has 2 aliphatic rings. The van der Waals surface area contributed by atoms with Crippen LogP contribution in [-0.4, -0.2) is 18.4 Å². The first-order valence-corrected chi connectivity index (χ1v) is 6.87. The molecule has 0 bridgehead atoms. The van der Waals surface area contributed by atoms with Gasteiger partial charge in [-0.05, 0) is 50.2 Å². The van der Waals surface area contributed by atoms with Gasteiger partial charge >= 0.3 is 0 Å². The largest absolute Gasteiger partial charge is 0.384 e. The van der Waals surface area contributed by atoms with E-state index >= 15 is 0 Å². The molecule has 2 saturated carbocycles. The molecule has 3 N–H and O–H groups in total. The van der Waals surface area contributed by atoms with Gasteiger partial charge in [-0.3, -0.25) is 5.41 Å². The molecule has 1 aromatic carbocycles. The Morgan fingerprint density at radius 2 is 2.06 bits per heavy atom. The Labute approximate surface area is 108 Å². The number of anilines is 1. The average molecular weight is 243 g/mol. The summed E-state index contributed by atoms with van der Waals surface area (Å²) in [4.78, 5) is 2.52. The SMILES string of the molecule is Cc1cccc(C(=N)N)c1N(CC1CC1)C1CC1. The number of hydrogen-bond donors (Lipinski definition) is 2. The third-order valence-electron chi connectivity index (χ3n) is 3.95. The van der Waals surface area contributed by atoms with E-state index in [1.807, 2.05) is 12.1 Å². The number of nitrogens with two attached hydrogens (primary N) is 1. The van der Waals surface area contributed by atoms with Crippen molar-refractivity contribution in [2.75, 3.05) is 11.4 Å². The van der Waals surface area contributed by atoms with Crippen LogP contribution in [0.1, 0.15) is 36.8 Å². The Morgan fingerprint density at radius 3 is 2.61 bits per heavy atom. The molecule has 3 rings (SSSR count). The summed E-state index contributed by atoms with van der Waals surface area (Å²) in [7, 11) is 0. The molecule has 96 valence electrons. The second-order valence-electron chi connectivity index (χ2n) is 5.71. The molecule has 0 aliphatic heterocycles. The van der Waals surface area contributed by atoms with E-state index in [0.717, 1.165) is 18.0 Å². The third kappa shape index (κ3) is 2.22. The first-order valence-electron chi connectivity index (χ1n) is 6.87. The van der Waals surface area contributed by atoms with Crippen molar-refractivity contribution in [3.8, 4) is 0 Å². The average Bonchev–Trinajstić information content (AvgIpc) is 3.19. The maximum absolute atomic E-state index is 7.78. The highest BCUT2D eigenvalue weighted by molar-refractivity contribution is 6.01. The predicted octanol–water partition coefficient (Wildman–Crippen LogP) is 2.66. The molecule has 0 radical (unpaired) electrons. The lowest BCUT2D eigenvalue weighted by Gasteiger charge is -2.28. The van der Waals surface area contributed by atoms with Crippen LogP contribution in [0.3, 0.4) is 0 Å². The van der Waals surface area contributed by atoms with Gasteiger partial charge in [-0.2, -0.15) is 0 Å². The molecule has 0 atom stereocenters. The smallest absolute Gasteiger partial charge is 0.124 e. The van der Waals surface area contributed by atoms with E-state index in [0.29, 0.717) is 6.04 Å². The van der Waals surface area contributed by atoms with Crippen LogP contribution in [-0.2, 0) is 0 Å². The Balaban J connectivity index is 1.98. The summed E-state index contributed by atoms with van der Waals surface area (Å²) in [6.45, 7) is 3.28. The number of hydrogen-bond acceptors (Lipinski definition) is 2. The van der Waals surface area contributed by atoms with E-state index in [4.69, 9.17) is 11.1 Å². The number of rotatable bonds is 5. The zero-order valence-electron chi connectivity index (χ0n) is 10.9. The third-order valence-corrected chi connectivity index (χ3v) is 3.95. The van der Waals surface area contributed by atoms with Crippen molar-refractivity contribution in [2.45, 2.75) is 38.6 Å². The van der Waals surface area contributed by atoms with Gasteiger partial charge in [-0.1, -0.05) is 12.1 Å². The monoisotopic (exact) mass is 243 g/mol. The van der Waals surface area contributed by atoms with E-state index in [9.17, 15) is 0 Å². The van der Waals surface area contributed by atoms with Crippen LogP contribution in [0.15, 0.2) is 18.2 Å².